The van der Waals surface area contributed by atoms with Crippen molar-refractivity contribution in [2.45, 2.75) is 19.8 Å². The molecule has 0 spiro atoms. The van der Waals surface area contributed by atoms with Gasteiger partial charge in [0, 0.05) is 0 Å². The molecule has 13 heavy (non-hydrogen) atoms. The third-order valence-electron chi connectivity index (χ3n) is 1.57. The number of carbonyl (C=O) groups is 1. The van der Waals surface area contributed by atoms with E-state index in [1.54, 1.807) is 0 Å². The largest absolute Gasteiger partial charge is 0.329 e. The van der Waals surface area contributed by atoms with E-state index in [0.29, 0.717) is 17.1 Å². The molecule has 3 nitrogen and oxygen atoms in total. The van der Waals surface area contributed by atoms with Crippen LogP contribution in [-0.2, 0) is 11.2 Å². The molecule has 1 N–H and O–H groups in total. The Morgan fingerprint density at radius 1 is 1.77 bits per heavy atom. The van der Waals surface area contributed by atoms with Crippen molar-refractivity contribution in [1.29, 1.82) is 0 Å². The first-order chi connectivity index (χ1) is 6.31. The summed E-state index contributed by atoms with van der Waals surface area (Å²) in [5.41, 5.74) is 0.542. The van der Waals surface area contributed by atoms with Gasteiger partial charge in [-0.05, 0) is 17.4 Å². The van der Waals surface area contributed by atoms with E-state index >= 15 is 0 Å². The van der Waals surface area contributed by atoms with Crippen molar-refractivity contribution in [2.75, 3.05) is 5.32 Å². The Morgan fingerprint density at radius 2 is 2.54 bits per heavy atom. The number of nitrogens with zero attached hydrogens (tertiary/aromatic N) is 1. The number of carbonyl (C=O) groups excluding carboxylic acids is 1. The number of thiophene rings is 1. The molecule has 0 radical (unpaired) electrons. The highest BCUT2D eigenvalue weighted by Crippen LogP contribution is 2.35. The maximum absolute atomic E-state index is 10.2. The number of hydrogen-bond donors (Lipinski definition) is 1. The summed E-state index contributed by atoms with van der Waals surface area (Å²) < 4.78 is 0. The number of amides is 1. The molecule has 0 unspecified atom stereocenters. The van der Waals surface area contributed by atoms with Crippen molar-refractivity contribution < 1.29 is 4.79 Å². The third kappa shape index (κ3) is 2.30. The molecule has 1 amide bonds. The fourth-order valence-corrected chi connectivity index (χ4v) is 2.10. The van der Waals surface area contributed by atoms with Gasteiger partial charge >= 0.3 is 0 Å². The van der Waals surface area contributed by atoms with Crippen LogP contribution in [0.3, 0.4) is 0 Å². The topological polar surface area (TPSA) is 33.5 Å². The Hall–Kier alpha value is -1.34. The predicted octanol–water partition coefficient (Wildman–Crippen LogP) is 2.82. The van der Waals surface area contributed by atoms with Crippen LogP contribution in [0.1, 0.15) is 18.2 Å². The Morgan fingerprint density at radius 3 is 3.08 bits per heavy atom. The fourth-order valence-electron chi connectivity index (χ4n) is 1.04. The zero-order chi connectivity index (χ0) is 9.68. The standard InChI is InChI=1S/C9H10N2OS/c1-3-4-7-5-8(10-2)9(13-7)11-6-12/h5-6H,3-4H2,1H3,(H,11,12). The second kappa shape index (κ2) is 4.63. The van der Waals surface area contributed by atoms with E-state index in [1.807, 2.05) is 6.07 Å². The van der Waals surface area contributed by atoms with Crippen LogP contribution in [0.4, 0.5) is 10.7 Å². The van der Waals surface area contributed by atoms with Crippen LogP contribution in [-0.4, -0.2) is 6.41 Å². The SMILES string of the molecule is [C-]#[N+]c1cc(CCC)sc1NC=O. The van der Waals surface area contributed by atoms with Gasteiger partial charge in [0.2, 0.25) is 12.1 Å². The summed E-state index contributed by atoms with van der Waals surface area (Å²) in [5, 5.41) is 3.19. The van der Waals surface area contributed by atoms with Crippen LogP contribution in [0.5, 0.6) is 0 Å². The average molecular weight is 194 g/mol. The number of hydrogen-bond acceptors (Lipinski definition) is 2. The number of aryl methyl sites for hydroxylation is 1. The highest BCUT2D eigenvalue weighted by atomic mass is 32.1. The molecule has 68 valence electrons. The molecule has 4 heteroatoms. The number of nitrogens with one attached hydrogen (secondary N) is 1. The van der Waals surface area contributed by atoms with Gasteiger partial charge in [0.15, 0.2) is 0 Å². The molecule has 0 aliphatic rings. The van der Waals surface area contributed by atoms with Crippen LogP contribution in [0.25, 0.3) is 4.85 Å². The quantitative estimate of drug-likeness (QED) is 0.580. The molecule has 0 aliphatic heterocycles. The summed E-state index contributed by atoms with van der Waals surface area (Å²) in [5.74, 6) is 0. The highest BCUT2D eigenvalue weighted by molar-refractivity contribution is 7.17. The normalized spacial score (nSPS) is 9.23. The molecule has 0 saturated carbocycles. The van der Waals surface area contributed by atoms with Crippen molar-refractivity contribution in [3.05, 3.63) is 22.4 Å². The molecule has 1 heterocycles. The van der Waals surface area contributed by atoms with Crippen LogP contribution in [0.15, 0.2) is 6.07 Å². The van der Waals surface area contributed by atoms with Crippen LogP contribution in [0, 0.1) is 6.57 Å². The second-order valence-corrected chi connectivity index (χ2v) is 3.69. The lowest BCUT2D eigenvalue weighted by Gasteiger charge is -1.91. The summed E-state index contributed by atoms with van der Waals surface area (Å²) in [7, 11) is 0. The minimum absolute atomic E-state index is 0.542. The van der Waals surface area contributed by atoms with E-state index in [9.17, 15) is 4.79 Å². The zero-order valence-electron chi connectivity index (χ0n) is 7.33. The van der Waals surface area contributed by atoms with E-state index in [1.165, 1.54) is 11.3 Å². The van der Waals surface area contributed by atoms with Crippen LogP contribution >= 0.6 is 11.3 Å². The van der Waals surface area contributed by atoms with Crippen LogP contribution in [0.2, 0.25) is 0 Å². The minimum atomic E-state index is 0.542. The Bertz CT molecular complexity index is 338. The lowest BCUT2D eigenvalue weighted by Crippen LogP contribution is -1.89. The van der Waals surface area contributed by atoms with Crippen molar-refractivity contribution in [3.63, 3.8) is 0 Å². The molecular weight excluding hydrogens is 184 g/mol. The highest BCUT2D eigenvalue weighted by Gasteiger charge is 2.07. The van der Waals surface area contributed by atoms with Gasteiger partial charge in [-0.25, -0.2) is 4.85 Å². The molecule has 0 bridgehead atoms. The summed E-state index contributed by atoms with van der Waals surface area (Å²) in [6.07, 6.45) is 2.63. The number of anilines is 1. The van der Waals surface area contributed by atoms with E-state index in [4.69, 9.17) is 6.57 Å². The molecule has 0 aliphatic carbocycles. The third-order valence-corrected chi connectivity index (χ3v) is 2.69. The van der Waals surface area contributed by atoms with Crippen molar-refractivity contribution >= 4 is 28.4 Å². The fraction of sp³-hybridized carbons (Fsp3) is 0.333. The lowest BCUT2D eigenvalue weighted by molar-refractivity contribution is -0.105. The smallest absolute Gasteiger partial charge is 0.221 e. The molecule has 0 saturated heterocycles. The van der Waals surface area contributed by atoms with E-state index in [2.05, 4.69) is 17.1 Å². The molecule has 1 aromatic heterocycles. The van der Waals surface area contributed by atoms with Gasteiger partial charge in [0.1, 0.15) is 0 Å². The Kier molecular flexibility index (Phi) is 3.47. The minimum Gasteiger partial charge on any atom is -0.329 e. The summed E-state index contributed by atoms with van der Waals surface area (Å²) in [6, 6.07) is 1.84. The van der Waals surface area contributed by atoms with Gasteiger partial charge in [0.05, 0.1) is 11.6 Å². The van der Waals surface area contributed by atoms with Crippen molar-refractivity contribution in [1.82, 2.24) is 0 Å². The van der Waals surface area contributed by atoms with Gasteiger partial charge in [-0.15, -0.1) is 11.3 Å². The van der Waals surface area contributed by atoms with Gasteiger partial charge < -0.3 is 5.32 Å². The molecule has 1 rings (SSSR count). The summed E-state index contributed by atoms with van der Waals surface area (Å²) >= 11 is 1.48. The van der Waals surface area contributed by atoms with Gasteiger partial charge in [-0.2, -0.15) is 0 Å². The Balaban J connectivity index is 2.91. The predicted molar refractivity (Wildman–Crippen MR) is 54.3 cm³/mol. The van der Waals surface area contributed by atoms with E-state index in [-0.39, 0.29) is 0 Å². The monoisotopic (exact) mass is 194 g/mol. The van der Waals surface area contributed by atoms with E-state index < -0.39 is 0 Å². The van der Waals surface area contributed by atoms with Gasteiger partial charge in [-0.3, -0.25) is 4.79 Å². The number of rotatable bonds is 4. The molecule has 0 fully saturated rings. The first-order valence-corrected chi connectivity index (χ1v) is 4.83. The van der Waals surface area contributed by atoms with Gasteiger partial charge in [0.25, 0.3) is 0 Å². The maximum atomic E-state index is 10.2. The van der Waals surface area contributed by atoms with Crippen LogP contribution < -0.4 is 5.32 Å². The molecule has 0 aromatic carbocycles. The first-order valence-electron chi connectivity index (χ1n) is 4.02. The van der Waals surface area contributed by atoms with E-state index in [0.717, 1.165) is 17.7 Å². The van der Waals surface area contributed by atoms with Crippen molar-refractivity contribution in [2.24, 2.45) is 0 Å². The summed E-state index contributed by atoms with van der Waals surface area (Å²) in [4.78, 5) is 14.7. The summed E-state index contributed by atoms with van der Waals surface area (Å²) in [6.45, 7) is 8.97. The molecular formula is C9H10N2OS. The maximum Gasteiger partial charge on any atom is 0.221 e. The zero-order valence-corrected chi connectivity index (χ0v) is 8.15. The second-order valence-electron chi connectivity index (χ2n) is 2.55. The van der Waals surface area contributed by atoms with Gasteiger partial charge in [-0.1, -0.05) is 13.3 Å². The Labute approximate surface area is 81.2 Å². The molecule has 1 aromatic rings. The lowest BCUT2D eigenvalue weighted by atomic mass is 10.3. The van der Waals surface area contributed by atoms with Crippen molar-refractivity contribution in [3.8, 4) is 0 Å². The molecule has 0 atom stereocenters. The average Bonchev–Trinajstić information content (AvgIpc) is 2.49. The first kappa shape index (κ1) is 9.75.